The molecule has 0 radical (unpaired) electrons. The van der Waals surface area contributed by atoms with Crippen LogP contribution in [-0.2, 0) is 18.2 Å². The minimum absolute atomic E-state index is 0.683. The number of likely N-dealkylation sites (N-methyl/N-ethyl adjacent to an activating group) is 1. The number of rotatable bonds is 5. The lowest BCUT2D eigenvalue weighted by Gasteiger charge is -2.19. The Balaban J connectivity index is 2.87. The van der Waals surface area contributed by atoms with Crippen LogP contribution in [-0.4, -0.2) is 37.1 Å². The predicted molar refractivity (Wildman–Crippen MR) is 62.1 cm³/mol. The minimum Gasteiger partial charge on any atom is -0.394 e. The highest BCUT2D eigenvalue weighted by molar-refractivity contribution is 5.66. The number of hydrogen-bond donors (Lipinski definition) is 1. The molecule has 5 nitrogen and oxygen atoms in total. The van der Waals surface area contributed by atoms with Gasteiger partial charge in [0.2, 0.25) is 0 Å². The van der Waals surface area contributed by atoms with E-state index in [-0.39, 0.29) is 0 Å². The van der Waals surface area contributed by atoms with E-state index in [0.29, 0.717) is 6.61 Å². The van der Waals surface area contributed by atoms with Crippen molar-refractivity contribution in [1.29, 1.82) is 0 Å². The summed E-state index contributed by atoms with van der Waals surface area (Å²) >= 11 is 0. The van der Waals surface area contributed by atoms with Crippen LogP contribution in [0.2, 0.25) is 0 Å². The largest absolute Gasteiger partial charge is 0.394 e. The second-order valence-electron chi connectivity index (χ2n) is 3.58. The lowest BCUT2D eigenvalue weighted by Crippen LogP contribution is -2.25. The molecule has 0 fully saturated rings. The van der Waals surface area contributed by atoms with Crippen molar-refractivity contribution in [2.75, 3.05) is 37.9 Å². The zero-order valence-corrected chi connectivity index (χ0v) is 9.95. The molecular weight excluding hydrogens is 192 g/mol. The van der Waals surface area contributed by atoms with E-state index < -0.39 is 0 Å². The average Bonchev–Trinajstić information content (AvgIpc) is 2.50. The van der Waals surface area contributed by atoms with Gasteiger partial charge in [-0.1, -0.05) is 6.92 Å². The Morgan fingerprint density at radius 3 is 2.67 bits per heavy atom. The summed E-state index contributed by atoms with van der Waals surface area (Å²) in [5.41, 5.74) is 7.75. The summed E-state index contributed by atoms with van der Waals surface area (Å²) in [6.07, 6.45) is 0.859. The van der Waals surface area contributed by atoms with E-state index in [1.165, 1.54) is 0 Å². The number of aromatic nitrogens is 2. The molecule has 86 valence electrons. The zero-order valence-electron chi connectivity index (χ0n) is 9.95. The summed E-state index contributed by atoms with van der Waals surface area (Å²) in [4.78, 5) is 2.06. The van der Waals surface area contributed by atoms with Gasteiger partial charge in [0.05, 0.1) is 18.0 Å². The number of nitrogens with zero attached hydrogens (tertiary/aromatic N) is 3. The van der Waals surface area contributed by atoms with Crippen LogP contribution in [0.4, 0.5) is 11.5 Å². The SMILES string of the molecule is CCc1nn(C)c(N(C)CCOC)c1N. The molecule has 1 aromatic heterocycles. The number of ether oxygens (including phenoxy) is 1. The molecule has 5 heteroatoms. The third-order valence-corrected chi connectivity index (χ3v) is 2.46. The first kappa shape index (κ1) is 11.8. The van der Waals surface area contributed by atoms with Crippen molar-refractivity contribution < 1.29 is 4.74 Å². The summed E-state index contributed by atoms with van der Waals surface area (Å²) in [6, 6.07) is 0. The van der Waals surface area contributed by atoms with Crippen molar-refractivity contribution in [2.24, 2.45) is 7.05 Å². The van der Waals surface area contributed by atoms with Crippen LogP contribution in [0.1, 0.15) is 12.6 Å². The summed E-state index contributed by atoms with van der Waals surface area (Å²) in [5, 5.41) is 4.37. The monoisotopic (exact) mass is 212 g/mol. The quantitative estimate of drug-likeness (QED) is 0.778. The Kier molecular flexibility index (Phi) is 3.96. The van der Waals surface area contributed by atoms with Crippen LogP contribution in [0, 0.1) is 0 Å². The van der Waals surface area contributed by atoms with E-state index in [4.69, 9.17) is 10.5 Å². The molecule has 0 aliphatic heterocycles. The first-order valence-electron chi connectivity index (χ1n) is 5.13. The Morgan fingerprint density at radius 2 is 2.20 bits per heavy atom. The number of aryl methyl sites for hydroxylation is 2. The molecule has 1 rings (SSSR count). The molecule has 2 N–H and O–H groups in total. The van der Waals surface area contributed by atoms with Gasteiger partial charge in [-0.2, -0.15) is 5.10 Å². The molecule has 0 aromatic carbocycles. The van der Waals surface area contributed by atoms with Crippen LogP contribution < -0.4 is 10.6 Å². The standard InChI is InChI=1S/C10H20N4O/c1-5-8-9(11)10(14(3)12-8)13(2)6-7-15-4/h5-7,11H2,1-4H3. The highest BCUT2D eigenvalue weighted by atomic mass is 16.5. The molecule has 1 aromatic rings. The third kappa shape index (κ3) is 2.41. The first-order valence-corrected chi connectivity index (χ1v) is 5.13. The fourth-order valence-corrected chi connectivity index (χ4v) is 1.63. The van der Waals surface area contributed by atoms with Crippen molar-refractivity contribution in [3.63, 3.8) is 0 Å². The summed E-state index contributed by atoms with van der Waals surface area (Å²) in [5.74, 6) is 0.962. The molecule has 15 heavy (non-hydrogen) atoms. The normalized spacial score (nSPS) is 10.7. The lowest BCUT2D eigenvalue weighted by molar-refractivity contribution is 0.206. The van der Waals surface area contributed by atoms with Gasteiger partial charge in [0, 0.05) is 27.7 Å². The maximum absolute atomic E-state index is 6.02. The van der Waals surface area contributed by atoms with Gasteiger partial charge < -0.3 is 15.4 Å². The Morgan fingerprint density at radius 1 is 1.53 bits per heavy atom. The van der Waals surface area contributed by atoms with Gasteiger partial charge in [0.15, 0.2) is 0 Å². The van der Waals surface area contributed by atoms with Gasteiger partial charge in [0.25, 0.3) is 0 Å². The van der Waals surface area contributed by atoms with Gasteiger partial charge in [-0.25, -0.2) is 0 Å². The van der Waals surface area contributed by atoms with Crippen LogP contribution >= 0.6 is 0 Å². The van der Waals surface area contributed by atoms with E-state index in [2.05, 4.69) is 16.9 Å². The molecule has 0 atom stereocenters. The Labute approximate surface area is 90.8 Å². The van der Waals surface area contributed by atoms with Crippen LogP contribution in [0.5, 0.6) is 0 Å². The molecule has 0 spiro atoms. The van der Waals surface area contributed by atoms with Crippen molar-refractivity contribution in [1.82, 2.24) is 9.78 Å². The van der Waals surface area contributed by atoms with Gasteiger partial charge >= 0.3 is 0 Å². The summed E-state index contributed by atoms with van der Waals surface area (Å²) in [6.45, 7) is 3.55. The number of methoxy groups -OCH3 is 1. The molecule has 0 aliphatic rings. The van der Waals surface area contributed by atoms with Crippen molar-refractivity contribution in [3.8, 4) is 0 Å². The van der Waals surface area contributed by atoms with E-state index in [1.807, 2.05) is 18.8 Å². The number of hydrogen-bond acceptors (Lipinski definition) is 4. The molecule has 0 unspecified atom stereocenters. The Hall–Kier alpha value is -1.23. The minimum atomic E-state index is 0.683. The van der Waals surface area contributed by atoms with E-state index in [1.54, 1.807) is 7.11 Å². The number of nitrogen functional groups attached to an aromatic ring is 1. The molecule has 0 saturated carbocycles. The van der Waals surface area contributed by atoms with Crippen LogP contribution in [0.25, 0.3) is 0 Å². The van der Waals surface area contributed by atoms with E-state index in [9.17, 15) is 0 Å². The molecule has 1 heterocycles. The van der Waals surface area contributed by atoms with Crippen molar-refractivity contribution in [3.05, 3.63) is 5.69 Å². The van der Waals surface area contributed by atoms with Gasteiger partial charge in [-0.15, -0.1) is 0 Å². The predicted octanol–water partition coefficient (Wildman–Crippen LogP) is 0.647. The van der Waals surface area contributed by atoms with Gasteiger partial charge in [-0.05, 0) is 6.42 Å². The molecular formula is C10H20N4O. The summed E-state index contributed by atoms with van der Waals surface area (Å²) < 4.78 is 6.86. The third-order valence-electron chi connectivity index (χ3n) is 2.46. The average molecular weight is 212 g/mol. The fourth-order valence-electron chi connectivity index (χ4n) is 1.63. The lowest BCUT2D eigenvalue weighted by atomic mass is 10.3. The Bertz CT molecular complexity index is 321. The zero-order chi connectivity index (χ0) is 11.4. The second kappa shape index (κ2) is 5.02. The maximum Gasteiger partial charge on any atom is 0.150 e. The smallest absolute Gasteiger partial charge is 0.150 e. The van der Waals surface area contributed by atoms with Crippen LogP contribution in [0.3, 0.4) is 0 Å². The van der Waals surface area contributed by atoms with E-state index in [0.717, 1.165) is 30.2 Å². The van der Waals surface area contributed by atoms with Gasteiger partial charge in [0.1, 0.15) is 5.82 Å². The highest BCUT2D eigenvalue weighted by Gasteiger charge is 2.15. The second-order valence-corrected chi connectivity index (χ2v) is 3.58. The highest BCUT2D eigenvalue weighted by Crippen LogP contribution is 2.25. The molecule has 0 saturated heterocycles. The van der Waals surface area contributed by atoms with E-state index >= 15 is 0 Å². The number of anilines is 2. The molecule has 0 bridgehead atoms. The van der Waals surface area contributed by atoms with Crippen molar-refractivity contribution >= 4 is 11.5 Å². The number of nitrogens with two attached hydrogens (primary N) is 1. The molecule has 0 aliphatic carbocycles. The molecule has 0 amide bonds. The van der Waals surface area contributed by atoms with Gasteiger partial charge in [-0.3, -0.25) is 4.68 Å². The fraction of sp³-hybridized carbons (Fsp3) is 0.700. The van der Waals surface area contributed by atoms with Crippen molar-refractivity contribution in [2.45, 2.75) is 13.3 Å². The van der Waals surface area contributed by atoms with Crippen LogP contribution in [0.15, 0.2) is 0 Å². The first-order chi connectivity index (χ1) is 7.11. The topological polar surface area (TPSA) is 56.3 Å². The maximum atomic E-state index is 6.02. The summed E-state index contributed by atoms with van der Waals surface area (Å²) in [7, 11) is 5.60.